The van der Waals surface area contributed by atoms with E-state index in [0.717, 1.165) is 24.9 Å². The van der Waals surface area contributed by atoms with Crippen LogP contribution in [0.2, 0.25) is 10.0 Å². The lowest BCUT2D eigenvalue weighted by Crippen LogP contribution is -2.38. The SMILES string of the molecule is CC(O)CC1CCCN1C(=O)Cc1ccc(Cl)cc1Cl. The topological polar surface area (TPSA) is 40.5 Å². The van der Waals surface area contributed by atoms with Crippen molar-refractivity contribution < 1.29 is 9.90 Å². The summed E-state index contributed by atoms with van der Waals surface area (Å²) < 4.78 is 0. The second kappa shape index (κ2) is 6.79. The van der Waals surface area contributed by atoms with E-state index in [1.54, 1.807) is 25.1 Å². The molecule has 5 heteroatoms. The quantitative estimate of drug-likeness (QED) is 0.926. The largest absolute Gasteiger partial charge is 0.393 e. The van der Waals surface area contributed by atoms with E-state index >= 15 is 0 Å². The molecule has 1 amide bonds. The minimum Gasteiger partial charge on any atom is -0.393 e. The third-order valence-electron chi connectivity index (χ3n) is 3.67. The number of aliphatic hydroxyl groups excluding tert-OH is 1. The zero-order valence-corrected chi connectivity index (χ0v) is 13.0. The van der Waals surface area contributed by atoms with Gasteiger partial charge in [-0.1, -0.05) is 29.3 Å². The van der Waals surface area contributed by atoms with Gasteiger partial charge in [-0.15, -0.1) is 0 Å². The van der Waals surface area contributed by atoms with E-state index in [4.69, 9.17) is 23.2 Å². The van der Waals surface area contributed by atoms with Crippen LogP contribution in [0.4, 0.5) is 0 Å². The van der Waals surface area contributed by atoms with Gasteiger partial charge in [-0.25, -0.2) is 0 Å². The van der Waals surface area contributed by atoms with Gasteiger partial charge >= 0.3 is 0 Å². The van der Waals surface area contributed by atoms with Crippen LogP contribution in [0, 0.1) is 0 Å². The van der Waals surface area contributed by atoms with Crippen molar-refractivity contribution in [1.29, 1.82) is 0 Å². The minimum absolute atomic E-state index is 0.0670. The zero-order chi connectivity index (χ0) is 14.7. The van der Waals surface area contributed by atoms with Gasteiger partial charge < -0.3 is 10.0 Å². The fourth-order valence-corrected chi connectivity index (χ4v) is 3.21. The molecule has 0 aromatic heterocycles. The number of carbonyl (C=O) groups is 1. The Kier molecular flexibility index (Phi) is 5.30. The van der Waals surface area contributed by atoms with Crippen LogP contribution in [0.1, 0.15) is 31.7 Å². The number of amides is 1. The summed E-state index contributed by atoms with van der Waals surface area (Å²) in [4.78, 5) is 14.3. The van der Waals surface area contributed by atoms with E-state index in [-0.39, 0.29) is 24.5 Å². The molecule has 2 rings (SSSR count). The molecule has 1 N–H and O–H groups in total. The summed E-state index contributed by atoms with van der Waals surface area (Å²) in [6, 6.07) is 5.34. The lowest BCUT2D eigenvalue weighted by molar-refractivity contribution is -0.131. The number of benzene rings is 1. The summed E-state index contributed by atoms with van der Waals surface area (Å²) in [7, 11) is 0. The second-order valence-electron chi connectivity index (χ2n) is 5.38. The number of nitrogens with zero attached hydrogens (tertiary/aromatic N) is 1. The molecule has 1 heterocycles. The molecule has 1 aromatic carbocycles. The number of rotatable bonds is 4. The highest BCUT2D eigenvalue weighted by atomic mass is 35.5. The Bertz CT molecular complexity index is 491. The highest BCUT2D eigenvalue weighted by Crippen LogP contribution is 2.25. The van der Waals surface area contributed by atoms with Crippen molar-refractivity contribution in [1.82, 2.24) is 4.90 Å². The van der Waals surface area contributed by atoms with Crippen molar-refractivity contribution in [3.05, 3.63) is 33.8 Å². The van der Waals surface area contributed by atoms with Crippen LogP contribution in [0.15, 0.2) is 18.2 Å². The fraction of sp³-hybridized carbons (Fsp3) is 0.533. The first kappa shape index (κ1) is 15.6. The van der Waals surface area contributed by atoms with Crippen molar-refractivity contribution in [3.63, 3.8) is 0 Å². The van der Waals surface area contributed by atoms with Crippen molar-refractivity contribution in [2.24, 2.45) is 0 Å². The second-order valence-corrected chi connectivity index (χ2v) is 6.22. The lowest BCUT2D eigenvalue weighted by atomic mass is 10.1. The van der Waals surface area contributed by atoms with E-state index in [2.05, 4.69) is 0 Å². The van der Waals surface area contributed by atoms with Gasteiger partial charge in [-0.3, -0.25) is 4.79 Å². The van der Waals surface area contributed by atoms with Gasteiger partial charge in [-0.05, 0) is 43.9 Å². The number of hydrogen-bond donors (Lipinski definition) is 1. The third-order valence-corrected chi connectivity index (χ3v) is 4.25. The molecule has 1 aliphatic heterocycles. The number of aliphatic hydroxyl groups is 1. The van der Waals surface area contributed by atoms with Gasteiger partial charge in [0.25, 0.3) is 0 Å². The summed E-state index contributed by atoms with van der Waals surface area (Å²) in [5.74, 6) is 0.0670. The summed E-state index contributed by atoms with van der Waals surface area (Å²) in [5.41, 5.74) is 0.795. The molecule has 0 aliphatic carbocycles. The number of halogens is 2. The van der Waals surface area contributed by atoms with Crippen LogP contribution in [0.3, 0.4) is 0 Å². The maximum Gasteiger partial charge on any atom is 0.227 e. The maximum absolute atomic E-state index is 12.4. The molecule has 1 fully saturated rings. The molecule has 0 spiro atoms. The average molecular weight is 316 g/mol. The monoisotopic (exact) mass is 315 g/mol. The molecule has 2 unspecified atom stereocenters. The van der Waals surface area contributed by atoms with E-state index < -0.39 is 0 Å². The fourth-order valence-electron chi connectivity index (χ4n) is 2.73. The van der Waals surface area contributed by atoms with Crippen molar-refractivity contribution in [2.75, 3.05) is 6.54 Å². The van der Waals surface area contributed by atoms with Crippen LogP contribution in [0.5, 0.6) is 0 Å². The third kappa shape index (κ3) is 3.87. The minimum atomic E-state index is -0.382. The van der Waals surface area contributed by atoms with E-state index in [1.807, 2.05) is 4.90 Å². The van der Waals surface area contributed by atoms with Gasteiger partial charge in [-0.2, -0.15) is 0 Å². The van der Waals surface area contributed by atoms with Crippen LogP contribution >= 0.6 is 23.2 Å². The molecular weight excluding hydrogens is 297 g/mol. The smallest absolute Gasteiger partial charge is 0.227 e. The zero-order valence-electron chi connectivity index (χ0n) is 11.5. The first-order valence-electron chi connectivity index (χ1n) is 6.89. The van der Waals surface area contributed by atoms with Gasteiger partial charge in [0, 0.05) is 22.6 Å². The Labute approximate surface area is 129 Å². The van der Waals surface area contributed by atoms with Crippen LogP contribution in [0.25, 0.3) is 0 Å². The van der Waals surface area contributed by atoms with E-state index in [0.29, 0.717) is 16.5 Å². The van der Waals surface area contributed by atoms with Crippen molar-refractivity contribution in [2.45, 2.75) is 44.8 Å². The molecule has 1 aromatic rings. The highest BCUT2D eigenvalue weighted by molar-refractivity contribution is 6.35. The molecule has 0 bridgehead atoms. The van der Waals surface area contributed by atoms with Gasteiger partial charge in [0.2, 0.25) is 5.91 Å². The molecular formula is C15H19Cl2NO2. The standard InChI is InChI=1S/C15H19Cl2NO2/c1-10(19)7-13-3-2-6-18(13)15(20)8-11-4-5-12(16)9-14(11)17/h4-5,9-10,13,19H,2-3,6-8H2,1H3. The Morgan fingerprint density at radius 2 is 2.25 bits per heavy atom. The normalized spacial score (nSPS) is 20.2. The molecule has 20 heavy (non-hydrogen) atoms. The van der Waals surface area contributed by atoms with Crippen molar-refractivity contribution in [3.8, 4) is 0 Å². The summed E-state index contributed by atoms with van der Waals surface area (Å²) in [6.45, 7) is 2.53. The van der Waals surface area contributed by atoms with Gasteiger partial charge in [0.05, 0.1) is 12.5 Å². The first-order chi connectivity index (χ1) is 9.47. The Balaban J connectivity index is 2.03. The molecule has 3 nitrogen and oxygen atoms in total. The van der Waals surface area contributed by atoms with E-state index in [9.17, 15) is 9.90 Å². The average Bonchev–Trinajstić information content (AvgIpc) is 2.80. The molecule has 0 saturated carbocycles. The molecule has 1 saturated heterocycles. The molecule has 1 aliphatic rings. The van der Waals surface area contributed by atoms with Gasteiger partial charge in [0.15, 0.2) is 0 Å². The molecule has 110 valence electrons. The Morgan fingerprint density at radius 1 is 1.50 bits per heavy atom. The first-order valence-corrected chi connectivity index (χ1v) is 7.64. The van der Waals surface area contributed by atoms with Crippen LogP contribution in [-0.2, 0) is 11.2 Å². The molecule has 0 radical (unpaired) electrons. The number of hydrogen-bond acceptors (Lipinski definition) is 2. The highest BCUT2D eigenvalue weighted by Gasteiger charge is 2.29. The summed E-state index contributed by atoms with van der Waals surface area (Å²) >= 11 is 12.0. The molecule has 2 atom stereocenters. The van der Waals surface area contributed by atoms with E-state index in [1.165, 1.54) is 0 Å². The van der Waals surface area contributed by atoms with Gasteiger partial charge in [0.1, 0.15) is 0 Å². The predicted octanol–water partition coefficient (Wildman–Crippen LogP) is 3.30. The summed E-state index contributed by atoms with van der Waals surface area (Å²) in [6.07, 6.45) is 2.50. The van der Waals surface area contributed by atoms with Crippen LogP contribution in [-0.4, -0.2) is 34.6 Å². The number of likely N-dealkylation sites (tertiary alicyclic amines) is 1. The number of carbonyl (C=O) groups excluding carboxylic acids is 1. The van der Waals surface area contributed by atoms with Crippen molar-refractivity contribution >= 4 is 29.1 Å². The Hall–Kier alpha value is -0.770. The summed E-state index contributed by atoms with van der Waals surface area (Å²) in [5, 5.41) is 10.6. The maximum atomic E-state index is 12.4. The predicted molar refractivity (Wildman–Crippen MR) is 81.2 cm³/mol. The van der Waals surface area contributed by atoms with Crippen LogP contribution < -0.4 is 0 Å². The lowest BCUT2D eigenvalue weighted by Gasteiger charge is -2.26. The Morgan fingerprint density at radius 3 is 2.90 bits per heavy atom.